The van der Waals surface area contributed by atoms with Crippen LogP contribution in [0.25, 0.3) is 0 Å². The van der Waals surface area contributed by atoms with Gasteiger partial charge in [-0.05, 0) is 18.1 Å². The zero-order valence-corrected chi connectivity index (χ0v) is 12.8. The maximum absolute atomic E-state index is 11.7. The van der Waals surface area contributed by atoms with Gasteiger partial charge in [-0.1, -0.05) is 60.7 Å². The van der Waals surface area contributed by atoms with Crippen molar-refractivity contribution >= 4 is 5.97 Å². The minimum Gasteiger partial charge on any atom is -0.467 e. The number of rotatable bonds is 6. The van der Waals surface area contributed by atoms with Crippen molar-refractivity contribution in [2.45, 2.75) is 25.1 Å². The van der Waals surface area contributed by atoms with E-state index in [9.17, 15) is 9.90 Å². The molecule has 4 nitrogen and oxygen atoms in total. The molecule has 0 aliphatic heterocycles. The van der Waals surface area contributed by atoms with E-state index in [1.54, 1.807) is 0 Å². The number of benzene rings is 2. The van der Waals surface area contributed by atoms with Crippen LogP contribution in [-0.4, -0.2) is 24.3 Å². The van der Waals surface area contributed by atoms with Crippen LogP contribution in [0.1, 0.15) is 30.1 Å². The van der Waals surface area contributed by atoms with E-state index in [4.69, 9.17) is 0 Å². The van der Waals surface area contributed by atoms with Gasteiger partial charge >= 0.3 is 5.97 Å². The van der Waals surface area contributed by atoms with Gasteiger partial charge < -0.3 is 15.2 Å². The Morgan fingerprint density at radius 3 is 2.00 bits per heavy atom. The van der Waals surface area contributed by atoms with Crippen LogP contribution >= 0.6 is 0 Å². The molecule has 4 heteroatoms. The number of carbonyl (C=O) groups is 1. The number of methoxy groups -OCH3 is 1. The SMILES string of the molecule is COC(=O)[C@@H](O)[C@H](N[C@H](C)c1ccccc1)c1ccccc1. The monoisotopic (exact) mass is 299 g/mol. The van der Waals surface area contributed by atoms with Gasteiger partial charge in [0, 0.05) is 6.04 Å². The molecule has 0 spiro atoms. The molecule has 0 bridgehead atoms. The lowest BCUT2D eigenvalue weighted by atomic mass is 9.98. The summed E-state index contributed by atoms with van der Waals surface area (Å²) in [6, 6.07) is 18.7. The van der Waals surface area contributed by atoms with Crippen LogP contribution in [0.5, 0.6) is 0 Å². The van der Waals surface area contributed by atoms with Gasteiger partial charge in [-0.3, -0.25) is 0 Å². The summed E-state index contributed by atoms with van der Waals surface area (Å²) in [7, 11) is 1.27. The molecule has 0 aromatic heterocycles. The summed E-state index contributed by atoms with van der Waals surface area (Å²) in [4.78, 5) is 11.7. The van der Waals surface area contributed by atoms with E-state index in [-0.39, 0.29) is 6.04 Å². The fraction of sp³-hybridized carbons (Fsp3) is 0.278. The van der Waals surface area contributed by atoms with E-state index in [1.165, 1.54) is 7.11 Å². The number of hydrogen-bond acceptors (Lipinski definition) is 4. The number of ether oxygens (including phenoxy) is 1. The van der Waals surface area contributed by atoms with Gasteiger partial charge in [0.05, 0.1) is 13.2 Å². The molecule has 0 saturated carbocycles. The molecular weight excluding hydrogens is 278 g/mol. The van der Waals surface area contributed by atoms with Crippen molar-refractivity contribution in [2.75, 3.05) is 7.11 Å². The highest BCUT2D eigenvalue weighted by molar-refractivity contribution is 5.75. The summed E-state index contributed by atoms with van der Waals surface area (Å²) in [5, 5.41) is 13.6. The first-order valence-electron chi connectivity index (χ1n) is 7.25. The Labute approximate surface area is 130 Å². The van der Waals surface area contributed by atoms with Gasteiger partial charge in [-0.15, -0.1) is 0 Å². The van der Waals surface area contributed by atoms with Gasteiger partial charge in [0.1, 0.15) is 0 Å². The van der Waals surface area contributed by atoms with E-state index < -0.39 is 18.1 Å². The predicted octanol–water partition coefficient (Wildman–Crippen LogP) is 2.61. The van der Waals surface area contributed by atoms with E-state index >= 15 is 0 Å². The fourth-order valence-corrected chi connectivity index (χ4v) is 2.39. The molecule has 116 valence electrons. The lowest BCUT2D eigenvalue weighted by Gasteiger charge is -2.27. The number of hydrogen-bond donors (Lipinski definition) is 2. The molecule has 22 heavy (non-hydrogen) atoms. The van der Waals surface area contributed by atoms with E-state index in [2.05, 4.69) is 10.1 Å². The van der Waals surface area contributed by atoms with Crippen molar-refractivity contribution in [2.24, 2.45) is 0 Å². The third kappa shape index (κ3) is 3.93. The average Bonchev–Trinajstić information content (AvgIpc) is 2.59. The van der Waals surface area contributed by atoms with Crippen molar-refractivity contribution in [3.63, 3.8) is 0 Å². The summed E-state index contributed by atoms with van der Waals surface area (Å²) in [6.45, 7) is 2.00. The van der Waals surface area contributed by atoms with Gasteiger partial charge in [0.25, 0.3) is 0 Å². The molecule has 2 aromatic rings. The van der Waals surface area contributed by atoms with Crippen LogP contribution in [-0.2, 0) is 9.53 Å². The highest BCUT2D eigenvalue weighted by atomic mass is 16.5. The molecule has 0 heterocycles. The number of aliphatic hydroxyl groups is 1. The van der Waals surface area contributed by atoms with Crippen LogP contribution in [0.2, 0.25) is 0 Å². The lowest BCUT2D eigenvalue weighted by molar-refractivity contribution is -0.152. The molecule has 0 saturated heterocycles. The van der Waals surface area contributed by atoms with E-state index in [0.717, 1.165) is 11.1 Å². The van der Waals surface area contributed by atoms with E-state index in [0.29, 0.717) is 0 Å². The van der Waals surface area contributed by atoms with Crippen molar-refractivity contribution in [1.29, 1.82) is 0 Å². The average molecular weight is 299 g/mol. The second kappa shape index (κ2) is 7.73. The maximum atomic E-state index is 11.7. The topological polar surface area (TPSA) is 58.6 Å². The van der Waals surface area contributed by atoms with Crippen LogP contribution in [0.4, 0.5) is 0 Å². The van der Waals surface area contributed by atoms with Crippen molar-refractivity contribution in [1.82, 2.24) is 5.32 Å². The Balaban J connectivity index is 2.23. The summed E-state index contributed by atoms with van der Waals surface area (Å²) in [5.74, 6) is -0.651. The van der Waals surface area contributed by atoms with Gasteiger partial charge in [-0.25, -0.2) is 4.79 Å². The molecule has 0 fully saturated rings. The predicted molar refractivity (Wildman–Crippen MR) is 85.2 cm³/mol. The number of aliphatic hydroxyl groups excluding tert-OH is 1. The van der Waals surface area contributed by atoms with Gasteiger partial charge in [-0.2, -0.15) is 0 Å². The van der Waals surface area contributed by atoms with Crippen LogP contribution in [0.3, 0.4) is 0 Å². The summed E-state index contributed by atoms with van der Waals surface area (Å²) < 4.78 is 4.67. The first-order chi connectivity index (χ1) is 10.6. The Bertz CT molecular complexity index is 586. The molecule has 2 N–H and O–H groups in total. The summed E-state index contributed by atoms with van der Waals surface area (Å²) in [5.41, 5.74) is 1.92. The molecule has 0 aliphatic rings. The third-order valence-corrected chi connectivity index (χ3v) is 3.65. The molecule has 2 aromatic carbocycles. The molecule has 0 amide bonds. The molecule has 0 aliphatic carbocycles. The second-order valence-corrected chi connectivity index (χ2v) is 5.16. The highest BCUT2D eigenvalue weighted by Crippen LogP contribution is 2.23. The van der Waals surface area contributed by atoms with Gasteiger partial charge in [0.2, 0.25) is 0 Å². The number of esters is 1. The minimum atomic E-state index is -1.27. The molecule has 2 rings (SSSR count). The molecule has 3 atom stereocenters. The van der Waals surface area contributed by atoms with Gasteiger partial charge in [0.15, 0.2) is 6.10 Å². The summed E-state index contributed by atoms with van der Waals surface area (Å²) >= 11 is 0. The standard InChI is InChI=1S/C18H21NO3/c1-13(14-9-5-3-6-10-14)19-16(17(20)18(21)22-2)15-11-7-4-8-12-15/h3-13,16-17,19-20H,1-2H3/t13-,16-,17+/m1/s1. The molecular formula is C18H21NO3. The Kier molecular flexibility index (Phi) is 5.69. The summed E-state index contributed by atoms with van der Waals surface area (Å²) in [6.07, 6.45) is -1.27. The molecule has 0 unspecified atom stereocenters. The normalized spacial score (nSPS) is 14.9. The van der Waals surface area contributed by atoms with Crippen molar-refractivity contribution in [3.05, 3.63) is 71.8 Å². The largest absolute Gasteiger partial charge is 0.467 e. The zero-order chi connectivity index (χ0) is 15.9. The highest BCUT2D eigenvalue weighted by Gasteiger charge is 2.29. The smallest absolute Gasteiger partial charge is 0.336 e. The maximum Gasteiger partial charge on any atom is 0.336 e. The first kappa shape index (κ1) is 16.2. The zero-order valence-electron chi connectivity index (χ0n) is 12.8. The minimum absolute atomic E-state index is 0.0225. The molecule has 0 radical (unpaired) electrons. The van der Waals surface area contributed by atoms with Crippen LogP contribution in [0.15, 0.2) is 60.7 Å². The number of nitrogens with one attached hydrogen (secondary N) is 1. The lowest BCUT2D eigenvalue weighted by Crippen LogP contribution is -2.39. The van der Waals surface area contributed by atoms with Crippen LogP contribution < -0.4 is 5.32 Å². The number of carbonyl (C=O) groups excluding carboxylic acids is 1. The van der Waals surface area contributed by atoms with Crippen LogP contribution in [0, 0.1) is 0 Å². The first-order valence-corrected chi connectivity index (χ1v) is 7.25. The van der Waals surface area contributed by atoms with Crippen molar-refractivity contribution < 1.29 is 14.6 Å². The second-order valence-electron chi connectivity index (χ2n) is 5.16. The van der Waals surface area contributed by atoms with E-state index in [1.807, 2.05) is 67.6 Å². The fourth-order valence-electron chi connectivity index (χ4n) is 2.39. The Hall–Kier alpha value is -2.17. The Morgan fingerprint density at radius 1 is 1.00 bits per heavy atom. The van der Waals surface area contributed by atoms with Crippen molar-refractivity contribution in [3.8, 4) is 0 Å². The quantitative estimate of drug-likeness (QED) is 0.805. The third-order valence-electron chi connectivity index (χ3n) is 3.65. The Morgan fingerprint density at radius 2 is 1.50 bits per heavy atom.